The summed E-state index contributed by atoms with van der Waals surface area (Å²) in [4.78, 5) is 16.4. The summed E-state index contributed by atoms with van der Waals surface area (Å²) in [5, 5.41) is 12.3. The Morgan fingerprint density at radius 2 is 1.90 bits per heavy atom. The van der Waals surface area contributed by atoms with Crippen LogP contribution in [0.5, 0.6) is 5.75 Å². The van der Waals surface area contributed by atoms with Crippen molar-refractivity contribution in [1.29, 1.82) is 0 Å². The van der Waals surface area contributed by atoms with Gasteiger partial charge in [0.15, 0.2) is 5.69 Å². The second kappa shape index (κ2) is 5.99. The van der Waals surface area contributed by atoms with Crippen molar-refractivity contribution in [2.75, 3.05) is 0 Å². The van der Waals surface area contributed by atoms with Crippen molar-refractivity contribution in [2.45, 2.75) is 38.1 Å². The van der Waals surface area contributed by atoms with Crippen LogP contribution in [0.2, 0.25) is 0 Å². The molecule has 0 saturated heterocycles. The summed E-state index contributed by atoms with van der Waals surface area (Å²) < 4.78 is 5.35. The van der Waals surface area contributed by atoms with E-state index < -0.39 is 0 Å². The maximum atomic E-state index is 12.1. The van der Waals surface area contributed by atoms with Gasteiger partial charge in [-0.2, -0.15) is 0 Å². The third-order valence-electron chi connectivity index (χ3n) is 3.79. The van der Waals surface area contributed by atoms with Gasteiger partial charge in [0, 0.05) is 11.6 Å². The van der Waals surface area contributed by atoms with Crippen LogP contribution in [-0.4, -0.2) is 22.0 Å². The number of nitrogens with one attached hydrogen (secondary N) is 1. The first-order chi connectivity index (χ1) is 10.2. The van der Waals surface area contributed by atoms with E-state index in [0.29, 0.717) is 11.6 Å². The van der Waals surface area contributed by atoms with Crippen LogP contribution < -0.4 is 5.32 Å². The third-order valence-corrected chi connectivity index (χ3v) is 3.79. The molecule has 2 aromatic rings. The molecular weight excluding hydrogens is 268 g/mol. The smallest absolute Gasteiger partial charge is 0.273 e. The van der Waals surface area contributed by atoms with E-state index in [4.69, 9.17) is 4.42 Å². The van der Waals surface area contributed by atoms with E-state index in [9.17, 15) is 9.90 Å². The molecule has 0 spiro atoms. The molecular formula is C16H18N2O3. The number of oxazole rings is 1. The minimum atomic E-state index is -0.185. The predicted molar refractivity (Wildman–Crippen MR) is 77.9 cm³/mol. The molecule has 110 valence electrons. The lowest BCUT2D eigenvalue weighted by molar-refractivity contribution is 0.0922. The van der Waals surface area contributed by atoms with Crippen LogP contribution >= 0.6 is 0 Å². The van der Waals surface area contributed by atoms with Crippen LogP contribution in [0.3, 0.4) is 0 Å². The second-order valence-corrected chi connectivity index (χ2v) is 5.39. The minimum Gasteiger partial charge on any atom is -0.508 e. The molecule has 0 atom stereocenters. The number of hydrogen-bond donors (Lipinski definition) is 2. The largest absolute Gasteiger partial charge is 0.508 e. The SMILES string of the molecule is O=C(NC1CCCCC1)c1coc(-c2ccc(O)cc2)n1. The molecule has 5 nitrogen and oxygen atoms in total. The molecule has 1 fully saturated rings. The molecule has 1 aliphatic carbocycles. The van der Waals surface area contributed by atoms with Crippen LogP contribution in [0.15, 0.2) is 34.9 Å². The van der Waals surface area contributed by atoms with Crippen molar-refractivity contribution in [3.63, 3.8) is 0 Å². The van der Waals surface area contributed by atoms with Gasteiger partial charge in [0.2, 0.25) is 5.89 Å². The highest BCUT2D eigenvalue weighted by Gasteiger charge is 2.19. The van der Waals surface area contributed by atoms with Crippen molar-refractivity contribution in [3.05, 3.63) is 36.2 Å². The summed E-state index contributed by atoms with van der Waals surface area (Å²) in [7, 11) is 0. The van der Waals surface area contributed by atoms with Gasteiger partial charge < -0.3 is 14.8 Å². The van der Waals surface area contributed by atoms with Gasteiger partial charge in [-0.05, 0) is 37.1 Å². The van der Waals surface area contributed by atoms with Crippen molar-refractivity contribution in [2.24, 2.45) is 0 Å². The molecule has 5 heteroatoms. The summed E-state index contributed by atoms with van der Waals surface area (Å²) >= 11 is 0. The van der Waals surface area contributed by atoms with Gasteiger partial charge in [-0.1, -0.05) is 19.3 Å². The first-order valence-corrected chi connectivity index (χ1v) is 7.28. The second-order valence-electron chi connectivity index (χ2n) is 5.39. The van der Waals surface area contributed by atoms with Gasteiger partial charge in [-0.15, -0.1) is 0 Å². The highest BCUT2D eigenvalue weighted by atomic mass is 16.3. The number of carbonyl (C=O) groups excluding carboxylic acids is 1. The van der Waals surface area contributed by atoms with Crippen LogP contribution in [-0.2, 0) is 0 Å². The highest BCUT2D eigenvalue weighted by Crippen LogP contribution is 2.22. The first kappa shape index (κ1) is 13.7. The fourth-order valence-corrected chi connectivity index (χ4v) is 2.62. The van der Waals surface area contributed by atoms with Gasteiger partial charge in [-0.3, -0.25) is 4.79 Å². The molecule has 1 heterocycles. The van der Waals surface area contributed by atoms with E-state index in [-0.39, 0.29) is 17.7 Å². The molecule has 2 N–H and O–H groups in total. The number of amides is 1. The van der Waals surface area contributed by atoms with E-state index in [0.717, 1.165) is 18.4 Å². The number of aromatic hydroxyl groups is 1. The molecule has 1 aromatic carbocycles. The first-order valence-electron chi connectivity index (χ1n) is 7.28. The number of carbonyl (C=O) groups is 1. The summed E-state index contributed by atoms with van der Waals surface area (Å²) in [5.41, 5.74) is 1.02. The number of phenolic OH excluding ortho intramolecular Hbond substituents is 1. The fourth-order valence-electron chi connectivity index (χ4n) is 2.62. The summed E-state index contributed by atoms with van der Waals surface area (Å²) in [6, 6.07) is 6.76. The van der Waals surface area contributed by atoms with Gasteiger partial charge >= 0.3 is 0 Å². The normalized spacial score (nSPS) is 15.8. The van der Waals surface area contributed by atoms with Gasteiger partial charge in [0.25, 0.3) is 5.91 Å². The number of rotatable bonds is 3. The summed E-state index contributed by atoms with van der Waals surface area (Å²) in [6.07, 6.45) is 7.04. The van der Waals surface area contributed by atoms with E-state index in [2.05, 4.69) is 10.3 Å². The Labute approximate surface area is 123 Å². The Morgan fingerprint density at radius 3 is 2.62 bits per heavy atom. The molecule has 3 rings (SSSR count). The Hall–Kier alpha value is -2.30. The third kappa shape index (κ3) is 3.24. The Kier molecular flexibility index (Phi) is 3.90. The average Bonchev–Trinajstić information content (AvgIpc) is 2.99. The van der Waals surface area contributed by atoms with Crippen molar-refractivity contribution in [3.8, 4) is 17.2 Å². The van der Waals surface area contributed by atoms with Crippen molar-refractivity contribution >= 4 is 5.91 Å². The highest BCUT2D eigenvalue weighted by molar-refractivity contribution is 5.92. The summed E-state index contributed by atoms with van der Waals surface area (Å²) in [6.45, 7) is 0. The predicted octanol–water partition coefficient (Wildman–Crippen LogP) is 3.11. The molecule has 1 saturated carbocycles. The van der Waals surface area contributed by atoms with Crippen molar-refractivity contribution in [1.82, 2.24) is 10.3 Å². The number of hydrogen-bond acceptors (Lipinski definition) is 4. The number of benzene rings is 1. The molecule has 21 heavy (non-hydrogen) atoms. The molecule has 1 aliphatic rings. The van der Waals surface area contributed by atoms with Gasteiger partial charge in [0.05, 0.1) is 0 Å². The van der Waals surface area contributed by atoms with E-state index >= 15 is 0 Å². The number of aromatic nitrogens is 1. The molecule has 1 amide bonds. The minimum absolute atomic E-state index is 0.181. The topological polar surface area (TPSA) is 75.4 Å². The Morgan fingerprint density at radius 1 is 1.19 bits per heavy atom. The van der Waals surface area contributed by atoms with E-state index in [1.54, 1.807) is 24.3 Å². The average molecular weight is 286 g/mol. The summed E-state index contributed by atoms with van der Waals surface area (Å²) in [5.74, 6) is 0.375. The molecule has 1 aromatic heterocycles. The number of nitrogens with zero attached hydrogens (tertiary/aromatic N) is 1. The van der Waals surface area contributed by atoms with Gasteiger partial charge in [0.1, 0.15) is 12.0 Å². The zero-order chi connectivity index (χ0) is 14.7. The Bertz CT molecular complexity index is 613. The quantitative estimate of drug-likeness (QED) is 0.909. The number of phenols is 1. The maximum Gasteiger partial charge on any atom is 0.273 e. The maximum absolute atomic E-state index is 12.1. The van der Waals surface area contributed by atoms with Crippen LogP contribution in [0, 0.1) is 0 Å². The van der Waals surface area contributed by atoms with Crippen LogP contribution in [0.4, 0.5) is 0 Å². The molecule has 0 radical (unpaired) electrons. The van der Waals surface area contributed by atoms with Crippen molar-refractivity contribution < 1.29 is 14.3 Å². The zero-order valence-electron chi connectivity index (χ0n) is 11.7. The molecule has 0 aliphatic heterocycles. The Balaban J connectivity index is 1.69. The fraction of sp³-hybridized carbons (Fsp3) is 0.375. The standard InChI is InChI=1S/C16H18N2O3/c19-13-8-6-11(7-9-13)16-18-14(10-21-16)15(20)17-12-4-2-1-3-5-12/h6-10,12,19H,1-5H2,(H,17,20). The van der Waals surface area contributed by atoms with E-state index in [1.807, 2.05) is 0 Å². The van der Waals surface area contributed by atoms with Crippen LogP contribution in [0.25, 0.3) is 11.5 Å². The van der Waals surface area contributed by atoms with Gasteiger partial charge in [-0.25, -0.2) is 4.98 Å². The van der Waals surface area contributed by atoms with Crippen LogP contribution in [0.1, 0.15) is 42.6 Å². The molecule has 0 bridgehead atoms. The lowest BCUT2D eigenvalue weighted by atomic mass is 9.95. The lowest BCUT2D eigenvalue weighted by Crippen LogP contribution is -2.36. The zero-order valence-corrected chi connectivity index (χ0v) is 11.7. The monoisotopic (exact) mass is 286 g/mol. The molecule has 0 unspecified atom stereocenters. The van der Waals surface area contributed by atoms with E-state index in [1.165, 1.54) is 25.5 Å². The lowest BCUT2D eigenvalue weighted by Gasteiger charge is -2.22.